The van der Waals surface area contributed by atoms with Crippen LogP contribution in [0.2, 0.25) is 0 Å². The summed E-state index contributed by atoms with van der Waals surface area (Å²) in [5.41, 5.74) is 2.20. The first-order valence-corrected chi connectivity index (χ1v) is 7.38. The summed E-state index contributed by atoms with van der Waals surface area (Å²) in [4.78, 5) is 13.0. The smallest absolute Gasteiger partial charge is 0.303 e. The number of hydrogen-bond acceptors (Lipinski definition) is 3. The van der Waals surface area contributed by atoms with E-state index in [2.05, 4.69) is 25.9 Å². The lowest BCUT2D eigenvalue weighted by Crippen LogP contribution is -2.22. The van der Waals surface area contributed by atoms with Crippen LogP contribution in [0.5, 0.6) is 0 Å². The molecule has 1 aliphatic heterocycles. The lowest BCUT2D eigenvalue weighted by Gasteiger charge is -2.16. The summed E-state index contributed by atoms with van der Waals surface area (Å²) in [5.74, 6) is -0.173. The van der Waals surface area contributed by atoms with Crippen molar-refractivity contribution in [2.24, 2.45) is 13.0 Å². The Kier molecular flexibility index (Phi) is 4.62. The van der Waals surface area contributed by atoms with Crippen LogP contribution in [0.25, 0.3) is 0 Å². The molecule has 1 atom stereocenters. The lowest BCUT2D eigenvalue weighted by molar-refractivity contribution is -0.137. The van der Waals surface area contributed by atoms with Crippen molar-refractivity contribution in [3.63, 3.8) is 0 Å². The van der Waals surface area contributed by atoms with Crippen LogP contribution in [-0.2, 0) is 18.4 Å². The van der Waals surface area contributed by atoms with Gasteiger partial charge in [0, 0.05) is 26.6 Å². The molecule has 1 unspecified atom stereocenters. The molecule has 0 spiro atoms. The molecule has 106 valence electrons. The van der Waals surface area contributed by atoms with E-state index in [1.165, 1.54) is 5.69 Å². The van der Waals surface area contributed by atoms with Crippen LogP contribution in [0.4, 0.5) is 0 Å². The van der Waals surface area contributed by atoms with E-state index < -0.39 is 5.97 Å². The van der Waals surface area contributed by atoms with Gasteiger partial charge >= 0.3 is 5.97 Å². The van der Waals surface area contributed by atoms with E-state index in [0.717, 1.165) is 42.6 Å². The third-order valence-electron chi connectivity index (χ3n) is 3.77. The van der Waals surface area contributed by atoms with Crippen molar-refractivity contribution in [1.29, 1.82) is 0 Å². The van der Waals surface area contributed by atoms with Crippen LogP contribution >= 0.6 is 15.9 Å². The molecule has 1 aromatic heterocycles. The van der Waals surface area contributed by atoms with Gasteiger partial charge in [-0.05, 0) is 48.2 Å². The first-order chi connectivity index (χ1) is 8.97. The van der Waals surface area contributed by atoms with Crippen molar-refractivity contribution in [2.75, 3.05) is 13.1 Å². The molecule has 0 saturated carbocycles. The molecule has 2 heterocycles. The number of carbonyl (C=O) groups is 1. The molecule has 0 bridgehead atoms. The molecule has 1 saturated heterocycles. The number of nitrogens with zero attached hydrogens (tertiary/aromatic N) is 3. The highest BCUT2D eigenvalue weighted by Gasteiger charge is 2.24. The van der Waals surface area contributed by atoms with Gasteiger partial charge in [-0.2, -0.15) is 5.10 Å². The Balaban J connectivity index is 1.89. The van der Waals surface area contributed by atoms with Gasteiger partial charge in [-0.15, -0.1) is 0 Å². The molecule has 6 heteroatoms. The predicted molar refractivity (Wildman–Crippen MR) is 75.9 cm³/mol. The van der Waals surface area contributed by atoms with Crippen molar-refractivity contribution in [3.8, 4) is 0 Å². The molecule has 0 radical (unpaired) electrons. The Labute approximate surface area is 121 Å². The zero-order valence-electron chi connectivity index (χ0n) is 11.4. The highest BCUT2D eigenvalue weighted by atomic mass is 79.9. The van der Waals surface area contributed by atoms with Gasteiger partial charge in [0.2, 0.25) is 0 Å². The number of carboxylic acid groups (broad SMARTS) is 1. The fourth-order valence-electron chi connectivity index (χ4n) is 2.68. The standard InChI is InChI=1S/C13H20BrN3O2/c1-9-13(14)11(16(2)15-9)8-17-6-5-10(7-17)3-4-12(18)19/h10H,3-8H2,1-2H3,(H,18,19). The second kappa shape index (κ2) is 6.05. The SMILES string of the molecule is Cc1nn(C)c(CN2CCC(CCC(=O)O)C2)c1Br. The Morgan fingerprint density at radius 1 is 1.58 bits per heavy atom. The largest absolute Gasteiger partial charge is 0.481 e. The number of carboxylic acids is 1. The van der Waals surface area contributed by atoms with Gasteiger partial charge < -0.3 is 5.11 Å². The summed E-state index contributed by atoms with van der Waals surface area (Å²) < 4.78 is 3.01. The zero-order chi connectivity index (χ0) is 14.0. The Morgan fingerprint density at radius 2 is 2.32 bits per heavy atom. The minimum atomic E-state index is -0.691. The third kappa shape index (κ3) is 3.57. The van der Waals surface area contributed by atoms with E-state index in [-0.39, 0.29) is 6.42 Å². The normalized spacial score (nSPS) is 20.1. The monoisotopic (exact) mass is 329 g/mol. The summed E-state index contributed by atoms with van der Waals surface area (Å²) in [7, 11) is 1.96. The number of aromatic nitrogens is 2. The maximum absolute atomic E-state index is 10.6. The van der Waals surface area contributed by atoms with Crippen LogP contribution in [0.3, 0.4) is 0 Å². The molecule has 1 aromatic rings. The van der Waals surface area contributed by atoms with E-state index in [1.807, 2.05) is 18.7 Å². The lowest BCUT2D eigenvalue weighted by atomic mass is 10.0. The van der Waals surface area contributed by atoms with Gasteiger partial charge in [0.05, 0.1) is 15.9 Å². The summed E-state index contributed by atoms with van der Waals surface area (Å²) in [5, 5.41) is 13.1. The number of aryl methyl sites for hydroxylation is 2. The van der Waals surface area contributed by atoms with Gasteiger partial charge in [-0.1, -0.05) is 0 Å². The van der Waals surface area contributed by atoms with Gasteiger partial charge in [0.1, 0.15) is 0 Å². The minimum absolute atomic E-state index is 0.285. The fraction of sp³-hybridized carbons (Fsp3) is 0.692. The summed E-state index contributed by atoms with van der Waals surface area (Å²) >= 11 is 3.59. The van der Waals surface area contributed by atoms with Crippen molar-refractivity contribution in [2.45, 2.75) is 32.7 Å². The van der Waals surface area contributed by atoms with Crippen LogP contribution in [-0.4, -0.2) is 38.8 Å². The summed E-state index contributed by atoms with van der Waals surface area (Å²) in [6, 6.07) is 0. The van der Waals surface area contributed by atoms with E-state index in [0.29, 0.717) is 5.92 Å². The highest BCUT2D eigenvalue weighted by Crippen LogP contribution is 2.26. The van der Waals surface area contributed by atoms with Crippen molar-refractivity contribution in [1.82, 2.24) is 14.7 Å². The van der Waals surface area contributed by atoms with Crippen LogP contribution in [0.15, 0.2) is 4.47 Å². The number of likely N-dealkylation sites (tertiary alicyclic amines) is 1. The molecular formula is C13H20BrN3O2. The maximum atomic E-state index is 10.6. The van der Waals surface area contributed by atoms with E-state index in [9.17, 15) is 4.79 Å². The van der Waals surface area contributed by atoms with Crippen LogP contribution in [0.1, 0.15) is 30.7 Å². The zero-order valence-corrected chi connectivity index (χ0v) is 13.0. The van der Waals surface area contributed by atoms with Gasteiger partial charge in [0.25, 0.3) is 0 Å². The third-order valence-corrected chi connectivity index (χ3v) is 4.80. The van der Waals surface area contributed by atoms with Crippen molar-refractivity contribution < 1.29 is 9.90 Å². The topological polar surface area (TPSA) is 58.4 Å². The average molecular weight is 330 g/mol. The molecule has 0 aromatic carbocycles. The molecule has 2 rings (SSSR count). The number of hydrogen-bond donors (Lipinski definition) is 1. The first kappa shape index (κ1) is 14.5. The van der Waals surface area contributed by atoms with E-state index in [1.54, 1.807) is 0 Å². The molecule has 1 aliphatic rings. The number of aliphatic carboxylic acids is 1. The van der Waals surface area contributed by atoms with Gasteiger partial charge in [0.15, 0.2) is 0 Å². The van der Waals surface area contributed by atoms with Gasteiger partial charge in [-0.3, -0.25) is 14.4 Å². The fourth-order valence-corrected chi connectivity index (χ4v) is 3.14. The average Bonchev–Trinajstić information content (AvgIpc) is 2.88. The van der Waals surface area contributed by atoms with Crippen LogP contribution < -0.4 is 0 Å². The molecule has 0 aliphatic carbocycles. The predicted octanol–water partition coefficient (Wildman–Crippen LogP) is 2.18. The molecule has 0 amide bonds. The maximum Gasteiger partial charge on any atom is 0.303 e. The highest BCUT2D eigenvalue weighted by molar-refractivity contribution is 9.10. The Morgan fingerprint density at radius 3 is 2.89 bits per heavy atom. The molecule has 1 fully saturated rings. The molecule has 19 heavy (non-hydrogen) atoms. The summed E-state index contributed by atoms with van der Waals surface area (Å²) in [6.07, 6.45) is 2.17. The quantitative estimate of drug-likeness (QED) is 0.899. The molecule has 5 nitrogen and oxygen atoms in total. The Hall–Kier alpha value is -0.880. The number of rotatable bonds is 5. The minimum Gasteiger partial charge on any atom is -0.481 e. The second-order valence-electron chi connectivity index (χ2n) is 5.29. The van der Waals surface area contributed by atoms with E-state index >= 15 is 0 Å². The summed E-state index contributed by atoms with van der Waals surface area (Å²) in [6.45, 7) is 4.90. The Bertz CT molecular complexity index is 473. The van der Waals surface area contributed by atoms with Crippen molar-refractivity contribution >= 4 is 21.9 Å². The number of halogens is 1. The molecular weight excluding hydrogens is 310 g/mol. The first-order valence-electron chi connectivity index (χ1n) is 6.59. The van der Waals surface area contributed by atoms with Crippen molar-refractivity contribution in [3.05, 3.63) is 15.9 Å². The molecule has 1 N–H and O–H groups in total. The second-order valence-corrected chi connectivity index (χ2v) is 6.08. The van der Waals surface area contributed by atoms with Gasteiger partial charge in [-0.25, -0.2) is 0 Å². The van der Waals surface area contributed by atoms with Crippen LogP contribution in [0, 0.1) is 12.8 Å². The van der Waals surface area contributed by atoms with E-state index in [4.69, 9.17) is 5.11 Å².